The van der Waals surface area contributed by atoms with Crippen LogP contribution in [-0.4, -0.2) is 21.3 Å². The molecule has 20 heavy (non-hydrogen) atoms. The van der Waals surface area contributed by atoms with Crippen molar-refractivity contribution in [2.45, 2.75) is 6.18 Å². The Bertz CT molecular complexity index is 837. The largest absolute Gasteiger partial charge is 0.478 e. The molecule has 1 aromatic heterocycles. The number of benzene rings is 2. The second-order valence-corrected chi connectivity index (χ2v) is 4.27. The summed E-state index contributed by atoms with van der Waals surface area (Å²) in [6, 6.07) is 7.34. The van der Waals surface area contributed by atoms with Gasteiger partial charge in [0.2, 0.25) is 0 Å². The minimum Gasteiger partial charge on any atom is -0.478 e. The van der Waals surface area contributed by atoms with E-state index in [2.05, 4.69) is 5.10 Å². The molecule has 1 heterocycles. The third kappa shape index (κ3) is 1.70. The van der Waals surface area contributed by atoms with Crippen LogP contribution < -0.4 is 0 Å². The number of rotatable bonds is 1. The molecule has 3 aromatic rings. The van der Waals surface area contributed by atoms with Crippen LogP contribution in [0.15, 0.2) is 30.3 Å². The summed E-state index contributed by atoms with van der Waals surface area (Å²) in [5, 5.41) is 15.3. The molecule has 0 saturated carbocycles. The van der Waals surface area contributed by atoms with Crippen molar-refractivity contribution in [2.75, 3.05) is 0 Å². The van der Waals surface area contributed by atoms with Crippen LogP contribution in [0.2, 0.25) is 0 Å². The van der Waals surface area contributed by atoms with E-state index in [1.54, 1.807) is 24.3 Å². The number of fused-ring (bicyclic) bond motifs is 3. The number of nitrogens with zero attached hydrogens (tertiary/aromatic N) is 1. The summed E-state index contributed by atoms with van der Waals surface area (Å²) in [7, 11) is 0. The molecule has 2 N–H and O–H groups in total. The summed E-state index contributed by atoms with van der Waals surface area (Å²) in [5.74, 6) is -1.28. The second-order valence-electron chi connectivity index (χ2n) is 4.27. The number of carboxylic acids is 1. The quantitative estimate of drug-likeness (QED) is 0.717. The highest BCUT2D eigenvalue weighted by Crippen LogP contribution is 2.36. The molecule has 3 rings (SSSR count). The average molecular weight is 280 g/mol. The van der Waals surface area contributed by atoms with E-state index < -0.39 is 17.8 Å². The van der Waals surface area contributed by atoms with E-state index in [0.717, 1.165) is 6.07 Å². The van der Waals surface area contributed by atoms with Gasteiger partial charge >= 0.3 is 12.1 Å². The smallest absolute Gasteiger partial charge is 0.433 e. The van der Waals surface area contributed by atoms with Gasteiger partial charge in [0.1, 0.15) is 11.2 Å². The van der Waals surface area contributed by atoms with E-state index in [1.807, 2.05) is 5.10 Å². The lowest BCUT2D eigenvalue weighted by Crippen LogP contribution is -2.06. The maximum absolute atomic E-state index is 12.9. The van der Waals surface area contributed by atoms with Gasteiger partial charge in [0.05, 0.1) is 5.56 Å². The van der Waals surface area contributed by atoms with Crippen LogP contribution in [0.4, 0.5) is 13.2 Å². The van der Waals surface area contributed by atoms with Crippen molar-refractivity contribution in [3.63, 3.8) is 0 Å². The molecule has 0 bridgehead atoms. The zero-order chi connectivity index (χ0) is 14.5. The molecule has 0 spiro atoms. The summed E-state index contributed by atoms with van der Waals surface area (Å²) >= 11 is 0. The van der Waals surface area contributed by atoms with Gasteiger partial charge in [-0.2, -0.15) is 18.3 Å². The summed E-state index contributed by atoms with van der Waals surface area (Å²) in [6.45, 7) is 0. The Kier molecular flexibility index (Phi) is 2.47. The molecular weight excluding hydrogens is 273 g/mol. The van der Waals surface area contributed by atoms with Crippen molar-refractivity contribution >= 4 is 27.6 Å². The number of alkyl halides is 3. The van der Waals surface area contributed by atoms with Crippen LogP contribution in [0.1, 0.15) is 16.1 Å². The summed E-state index contributed by atoms with van der Waals surface area (Å²) in [4.78, 5) is 11.2. The highest BCUT2D eigenvalue weighted by molar-refractivity contribution is 6.14. The minimum atomic E-state index is -4.62. The molecule has 0 radical (unpaired) electrons. The summed E-state index contributed by atoms with van der Waals surface area (Å²) in [5.41, 5.74) is -1.11. The van der Waals surface area contributed by atoms with Crippen LogP contribution in [0.3, 0.4) is 0 Å². The molecule has 7 heteroatoms. The van der Waals surface area contributed by atoms with Crippen LogP contribution in [0.25, 0.3) is 21.7 Å². The first kappa shape index (κ1) is 12.5. The molecule has 102 valence electrons. The van der Waals surface area contributed by atoms with Gasteiger partial charge in [-0.1, -0.05) is 24.3 Å². The monoisotopic (exact) mass is 280 g/mol. The number of halogens is 3. The number of hydrogen-bond acceptors (Lipinski definition) is 2. The zero-order valence-corrected chi connectivity index (χ0v) is 9.82. The first-order valence-electron chi connectivity index (χ1n) is 5.60. The predicted octanol–water partition coefficient (Wildman–Crippen LogP) is 3.43. The Morgan fingerprint density at radius 3 is 2.40 bits per heavy atom. The highest BCUT2D eigenvalue weighted by Gasteiger charge is 2.35. The molecular formula is C13H7F3N2O2. The summed E-state index contributed by atoms with van der Waals surface area (Å²) in [6.07, 6.45) is -4.62. The third-order valence-electron chi connectivity index (χ3n) is 3.08. The number of nitrogens with one attached hydrogen (secondary N) is 1. The molecule has 0 aliphatic heterocycles. The molecule has 0 amide bonds. The fourth-order valence-electron chi connectivity index (χ4n) is 2.24. The Morgan fingerprint density at radius 2 is 1.80 bits per heavy atom. The van der Waals surface area contributed by atoms with Gasteiger partial charge in [0.15, 0.2) is 0 Å². The molecule has 0 fully saturated rings. The maximum Gasteiger partial charge on any atom is 0.433 e. The van der Waals surface area contributed by atoms with E-state index in [0.29, 0.717) is 10.8 Å². The normalized spacial score (nSPS) is 12.2. The molecule has 2 aromatic carbocycles. The van der Waals surface area contributed by atoms with Crippen molar-refractivity contribution < 1.29 is 23.1 Å². The fraction of sp³-hybridized carbons (Fsp3) is 0.0769. The van der Waals surface area contributed by atoms with E-state index in [4.69, 9.17) is 5.11 Å². The van der Waals surface area contributed by atoms with Crippen LogP contribution in [-0.2, 0) is 6.18 Å². The average Bonchev–Trinajstić information content (AvgIpc) is 2.81. The van der Waals surface area contributed by atoms with Gasteiger partial charge in [-0.05, 0) is 11.5 Å². The van der Waals surface area contributed by atoms with Crippen LogP contribution >= 0.6 is 0 Å². The Hall–Kier alpha value is -2.57. The first-order valence-corrected chi connectivity index (χ1v) is 5.60. The predicted molar refractivity (Wildman–Crippen MR) is 65.6 cm³/mol. The van der Waals surface area contributed by atoms with Crippen LogP contribution in [0, 0.1) is 0 Å². The second kappa shape index (κ2) is 3.96. The summed E-state index contributed by atoms with van der Waals surface area (Å²) < 4.78 is 38.6. The number of carbonyl (C=O) groups is 1. The minimum absolute atomic E-state index is 0.109. The van der Waals surface area contributed by atoms with E-state index in [-0.39, 0.29) is 16.5 Å². The van der Waals surface area contributed by atoms with Crippen molar-refractivity contribution in [1.29, 1.82) is 0 Å². The zero-order valence-electron chi connectivity index (χ0n) is 9.82. The number of aromatic carboxylic acids is 1. The molecule has 4 nitrogen and oxygen atoms in total. The highest BCUT2D eigenvalue weighted by atomic mass is 19.4. The van der Waals surface area contributed by atoms with Gasteiger partial charge in [-0.25, -0.2) is 4.79 Å². The van der Waals surface area contributed by atoms with Crippen LogP contribution in [0.5, 0.6) is 0 Å². The lowest BCUT2D eigenvalue weighted by atomic mass is 10.0. The molecule has 0 saturated heterocycles. The molecule has 0 atom stereocenters. The van der Waals surface area contributed by atoms with Crippen molar-refractivity contribution in [1.82, 2.24) is 10.2 Å². The number of aromatic amines is 1. The number of aromatic nitrogens is 2. The van der Waals surface area contributed by atoms with Crippen molar-refractivity contribution in [3.8, 4) is 0 Å². The Morgan fingerprint density at radius 1 is 1.15 bits per heavy atom. The van der Waals surface area contributed by atoms with E-state index in [9.17, 15) is 18.0 Å². The first-order chi connectivity index (χ1) is 9.39. The SMILES string of the molecule is O=C(O)c1cc2c(C(F)(F)F)[nH]nc2c2ccccc12. The molecule has 0 aliphatic rings. The van der Waals surface area contributed by atoms with E-state index in [1.165, 1.54) is 0 Å². The van der Waals surface area contributed by atoms with Gasteiger partial charge in [0, 0.05) is 10.8 Å². The van der Waals surface area contributed by atoms with Gasteiger partial charge in [-0.3, -0.25) is 5.10 Å². The lowest BCUT2D eigenvalue weighted by molar-refractivity contribution is -0.139. The van der Waals surface area contributed by atoms with Crippen molar-refractivity contribution in [3.05, 3.63) is 41.6 Å². The maximum atomic E-state index is 12.9. The number of H-pyrrole nitrogens is 1. The molecule has 0 unspecified atom stereocenters. The van der Waals surface area contributed by atoms with Crippen molar-refractivity contribution in [2.24, 2.45) is 0 Å². The van der Waals surface area contributed by atoms with Gasteiger partial charge < -0.3 is 5.11 Å². The third-order valence-corrected chi connectivity index (χ3v) is 3.08. The molecule has 0 aliphatic carbocycles. The fourth-order valence-corrected chi connectivity index (χ4v) is 2.24. The lowest BCUT2D eigenvalue weighted by Gasteiger charge is -2.06. The van der Waals surface area contributed by atoms with Gasteiger partial charge in [-0.15, -0.1) is 0 Å². The Labute approximate surface area is 109 Å². The Balaban J connectivity index is 2.51. The number of carboxylic acid groups (broad SMARTS) is 1. The van der Waals surface area contributed by atoms with E-state index >= 15 is 0 Å². The topological polar surface area (TPSA) is 66.0 Å². The van der Waals surface area contributed by atoms with Gasteiger partial charge in [0.25, 0.3) is 0 Å². The number of hydrogen-bond donors (Lipinski definition) is 2. The standard InChI is InChI=1S/C13H7F3N2O2/c14-13(15,16)11-9-5-8(12(19)20)6-3-1-2-4-7(6)10(9)17-18-11/h1-5H,(H,17,18)(H,19,20).